The van der Waals surface area contributed by atoms with Crippen molar-refractivity contribution in [2.45, 2.75) is 24.8 Å². The number of benzene rings is 2. The number of aryl methyl sites for hydroxylation is 2. The highest BCUT2D eigenvalue weighted by Gasteiger charge is 2.31. The van der Waals surface area contributed by atoms with Gasteiger partial charge < -0.3 is 9.47 Å². The van der Waals surface area contributed by atoms with E-state index in [0.717, 1.165) is 21.5 Å². The van der Waals surface area contributed by atoms with Crippen LogP contribution in [-0.2, 0) is 0 Å². The molecule has 1 aliphatic heterocycles. The van der Waals surface area contributed by atoms with E-state index >= 15 is 0 Å². The van der Waals surface area contributed by atoms with Crippen molar-refractivity contribution in [3.05, 3.63) is 57.6 Å². The van der Waals surface area contributed by atoms with Gasteiger partial charge in [0, 0.05) is 5.56 Å². The highest BCUT2D eigenvalue weighted by atomic mass is 79.9. The molecule has 3 rings (SSSR count). The Balaban J connectivity index is 1.96. The molecule has 4 heteroatoms. The van der Waals surface area contributed by atoms with Crippen LogP contribution >= 0.6 is 31.9 Å². The van der Waals surface area contributed by atoms with Crippen LogP contribution in [0.25, 0.3) is 0 Å². The fraction of sp³-hybridized carbons (Fsp3) is 0.294. The second-order valence-corrected chi connectivity index (χ2v) is 7.37. The molecule has 0 amide bonds. The number of ether oxygens (including phenoxy) is 2. The van der Waals surface area contributed by atoms with Gasteiger partial charge in [0.1, 0.15) is 24.2 Å². The van der Waals surface area contributed by atoms with Crippen LogP contribution in [0.2, 0.25) is 0 Å². The molecule has 0 unspecified atom stereocenters. The Morgan fingerprint density at radius 2 is 1.81 bits per heavy atom. The van der Waals surface area contributed by atoms with Crippen LogP contribution in [0.5, 0.6) is 11.5 Å². The molecule has 0 aliphatic carbocycles. The Hall–Kier alpha value is -1.000. The third kappa shape index (κ3) is 3.11. The molecular weight excluding hydrogens is 396 g/mol. The van der Waals surface area contributed by atoms with E-state index < -0.39 is 0 Å². The summed E-state index contributed by atoms with van der Waals surface area (Å²) in [7, 11) is 0. The molecule has 0 radical (unpaired) electrons. The summed E-state index contributed by atoms with van der Waals surface area (Å²) in [5, 5.41) is 0. The van der Waals surface area contributed by atoms with Crippen molar-refractivity contribution < 1.29 is 9.47 Å². The van der Waals surface area contributed by atoms with E-state index in [1.54, 1.807) is 0 Å². The van der Waals surface area contributed by atoms with Crippen molar-refractivity contribution in [1.29, 1.82) is 0 Å². The van der Waals surface area contributed by atoms with E-state index in [1.807, 2.05) is 12.1 Å². The van der Waals surface area contributed by atoms with Gasteiger partial charge in [-0.25, -0.2) is 0 Å². The van der Waals surface area contributed by atoms with E-state index in [1.165, 1.54) is 11.1 Å². The predicted octanol–water partition coefficient (Wildman–Crippen LogP) is 5.34. The summed E-state index contributed by atoms with van der Waals surface area (Å²) < 4.78 is 13.0. The van der Waals surface area contributed by atoms with Gasteiger partial charge in [-0.05, 0) is 59.6 Å². The summed E-state index contributed by atoms with van der Waals surface area (Å²) in [6.45, 7) is 4.75. The minimum atomic E-state index is -0.0624. The highest BCUT2D eigenvalue weighted by Crippen LogP contribution is 2.40. The number of alkyl halides is 1. The van der Waals surface area contributed by atoms with E-state index in [-0.39, 0.29) is 10.9 Å². The molecule has 0 N–H and O–H groups in total. The van der Waals surface area contributed by atoms with Gasteiger partial charge in [-0.15, -0.1) is 0 Å². The first-order chi connectivity index (χ1) is 10.0. The van der Waals surface area contributed by atoms with Crippen molar-refractivity contribution in [3.63, 3.8) is 0 Å². The second-order valence-electron chi connectivity index (χ2n) is 5.34. The van der Waals surface area contributed by atoms with E-state index in [2.05, 4.69) is 70.0 Å². The molecule has 0 saturated heterocycles. The van der Waals surface area contributed by atoms with E-state index in [9.17, 15) is 0 Å². The summed E-state index contributed by atoms with van der Waals surface area (Å²) in [4.78, 5) is 0.125. The first kappa shape index (κ1) is 14.9. The average Bonchev–Trinajstić information content (AvgIpc) is 2.44. The predicted molar refractivity (Wildman–Crippen MR) is 91.6 cm³/mol. The van der Waals surface area contributed by atoms with Gasteiger partial charge in [-0.3, -0.25) is 0 Å². The summed E-state index contributed by atoms with van der Waals surface area (Å²) in [6.07, 6.45) is -0.0624. The molecule has 1 heterocycles. The summed E-state index contributed by atoms with van der Waals surface area (Å²) in [6, 6.07) is 12.3. The first-order valence-electron chi connectivity index (χ1n) is 6.85. The number of hydrogen-bond acceptors (Lipinski definition) is 2. The zero-order valence-electron chi connectivity index (χ0n) is 11.9. The quantitative estimate of drug-likeness (QED) is 0.620. The van der Waals surface area contributed by atoms with Crippen LogP contribution in [-0.4, -0.2) is 11.4 Å². The third-order valence-electron chi connectivity index (χ3n) is 3.54. The van der Waals surface area contributed by atoms with Crippen LogP contribution in [0, 0.1) is 13.8 Å². The largest absolute Gasteiger partial charge is 0.492 e. The van der Waals surface area contributed by atoms with Gasteiger partial charge in [-0.2, -0.15) is 0 Å². The number of fused-ring (bicyclic) bond motifs is 1. The molecule has 0 bridgehead atoms. The maximum absolute atomic E-state index is 6.26. The average molecular weight is 412 g/mol. The van der Waals surface area contributed by atoms with Crippen molar-refractivity contribution in [2.24, 2.45) is 0 Å². The molecule has 0 saturated carbocycles. The van der Waals surface area contributed by atoms with Crippen molar-refractivity contribution in [2.75, 3.05) is 6.61 Å². The lowest BCUT2D eigenvalue weighted by Gasteiger charge is -2.31. The van der Waals surface area contributed by atoms with Crippen molar-refractivity contribution in [3.8, 4) is 11.5 Å². The molecule has 2 aromatic rings. The Kier molecular flexibility index (Phi) is 4.27. The number of hydrogen-bond donors (Lipinski definition) is 0. The molecule has 2 atom stereocenters. The summed E-state index contributed by atoms with van der Waals surface area (Å²) in [5.74, 6) is 1.76. The van der Waals surface area contributed by atoms with E-state index in [4.69, 9.17) is 9.47 Å². The van der Waals surface area contributed by atoms with Crippen LogP contribution in [0.4, 0.5) is 0 Å². The topological polar surface area (TPSA) is 18.5 Å². The Bertz CT molecular complexity index is 670. The van der Waals surface area contributed by atoms with Gasteiger partial charge in [0.15, 0.2) is 0 Å². The maximum atomic E-state index is 6.26. The first-order valence-corrected chi connectivity index (χ1v) is 8.55. The van der Waals surface area contributed by atoms with Crippen molar-refractivity contribution in [1.82, 2.24) is 0 Å². The lowest BCUT2D eigenvalue weighted by atomic mass is 10.0. The standard InChI is InChI=1S/C17H16Br2O2/c1-10-3-5-15-12(7-10)17(14(19)9-20-15)21-16-6-4-11(2)8-13(16)18/h3-8,14,17H,9H2,1-2H3/t14-,17-/m1/s1. The Labute approximate surface area is 141 Å². The SMILES string of the molecule is Cc1ccc(O[C@@H]2c3cc(C)ccc3OC[C@H]2Br)c(Br)c1. The molecule has 21 heavy (non-hydrogen) atoms. The molecule has 0 fully saturated rings. The lowest BCUT2D eigenvalue weighted by Crippen LogP contribution is -2.30. The van der Waals surface area contributed by atoms with Gasteiger partial charge in [-0.1, -0.05) is 33.6 Å². The van der Waals surface area contributed by atoms with Crippen LogP contribution in [0.1, 0.15) is 22.8 Å². The normalized spacial score (nSPS) is 20.6. The second kappa shape index (κ2) is 6.01. The third-order valence-corrected chi connectivity index (χ3v) is 4.90. The molecule has 0 spiro atoms. The minimum Gasteiger partial charge on any atom is -0.492 e. The number of rotatable bonds is 2. The van der Waals surface area contributed by atoms with Crippen LogP contribution in [0.3, 0.4) is 0 Å². The maximum Gasteiger partial charge on any atom is 0.143 e. The van der Waals surface area contributed by atoms with Crippen LogP contribution in [0.15, 0.2) is 40.9 Å². The van der Waals surface area contributed by atoms with Crippen molar-refractivity contribution >= 4 is 31.9 Å². The highest BCUT2D eigenvalue weighted by molar-refractivity contribution is 9.10. The van der Waals surface area contributed by atoms with Crippen LogP contribution < -0.4 is 9.47 Å². The van der Waals surface area contributed by atoms with Gasteiger partial charge >= 0.3 is 0 Å². The minimum absolute atomic E-state index is 0.0624. The van der Waals surface area contributed by atoms with Gasteiger partial charge in [0.2, 0.25) is 0 Å². The Morgan fingerprint density at radius 1 is 1.10 bits per heavy atom. The fourth-order valence-electron chi connectivity index (χ4n) is 2.45. The molecule has 2 aromatic carbocycles. The lowest BCUT2D eigenvalue weighted by molar-refractivity contribution is 0.145. The van der Waals surface area contributed by atoms with E-state index in [0.29, 0.717) is 6.61 Å². The van der Waals surface area contributed by atoms with Gasteiger partial charge in [0.05, 0.1) is 9.30 Å². The zero-order valence-corrected chi connectivity index (χ0v) is 15.1. The fourth-order valence-corrected chi connectivity index (χ4v) is 3.56. The molecule has 0 aromatic heterocycles. The number of halogens is 2. The molecule has 110 valence electrons. The smallest absolute Gasteiger partial charge is 0.143 e. The Morgan fingerprint density at radius 3 is 2.57 bits per heavy atom. The zero-order chi connectivity index (χ0) is 15.0. The molecule has 2 nitrogen and oxygen atoms in total. The summed E-state index contributed by atoms with van der Waals surface area (Å²) >= 11 is 7.26. The monoisotopic (exact) mass is 410 g/mol. The molecular formula is C17H16Br2O2. The van der Waals surface area contributed by atoms with Gasteiger partial charge in [0.25, 0.3) is 0 Å². The molecule has 1 aliphatic rings. The summed E-state index contributed by atoms with van der Waals surface area (Å²) in [5.41, 5.74) is 3.50.